The summed E-state index contributed by atoms with van der Waals surface area (Å²) in [5, 5.41) is 16.0. The van der Waals surface area contributed by atoms with E-state index in [-0.39, 0.29) is 12.2 Å². The lowest BCUT2D eigenvalue weighted by Crippen LogP contribution is -2.43. The smallest absolute Gasteiger partial charge is 0.371 e. The van der Waals surface area contributed by atoms with Gasteiger partial charge in [-0.15, -0.1) is 0 Å². The molecule has 1 rings (SSSR count). The minimum Gasteiger partial charge on any atom is -0.371 e. The number of halogens is 3. The summed E-state index contributed by atoms with van der Waals surface area (Å²) in [5.41, 5.74) is -2.49. The van der Waals surface area contributed by atoms with Crippen molar-refractivity contribution in [3.63, 3.8) is 0 Å². The van der Waals surface area contributed by atoms with Crippen LogP contribution in [-0.2, 0) is 11.0 Å². The predicted octanol–water partition coefficient (Wildman–Crippen LogP) is 2.94. The van der Waals surface area contributed by atoms with Crippen LogP contribution in [0.5, 0.6) is 0 Å². The van der Waals surface area contributed by atoms with Gasteiger partial charge in [-0.25, -0.2) is 0 Å². The molecular weight excluding hydrogens is 303 g/mol. The molecule has 0 aliphatic rings. The van der Waals surface area contributed by atoms with Crippen molar-refractivity contribution in [3.05, 3.63) is 33.9 Å². The molecule has 0 aliphatic heterocycles. The molecule has 0 radical (unpaired) electrons. The highest BCUT2D eigenvalue weighted by Gasteiger charge is 2.33. The number of alkyl halides is 3. The summed E-state index contributed by atoms with van der Waals surface area (Å²) in [5.74, 6) is -0.429. The van der Waals surface area contributed by atoms with Crippen LogP contribution in [0.25, 0.3) is 0 Å². The normalized spacial score (nSPS) is 11.9. The van der Waals surface area contributed by atoms with Crippen molar-refractivity contribution in [2.75, 3.05) is 11.9 Å². The molecule has 0 aliphatic carbocycles. The van der Waals surface area contributed by atoms with Crippen LogP contribution < -0.4 is 10.6 Å². The number of rotatable bonds is 4. The van der Waals surface area contributed by atoms with E-state index >= 15 is 0 Å². The van der Waals surface area contributed by atoms with Crippen LogP contribution in [0.3, 0.4) is 0 Å². The molecule has 2 N–H and O–H groups in total. The number of carbonyl (C=O) groups excluding carboxylic acids is 1. The zero-order valence-electron chi connectivity index (χ0n) is 12.2. The molecule has 1 aromatic carbocycles. The fraction of sp³-hybridized carbons (Fsp3) is 0.462. The third-order valence-electron chi connectivity index (χ3n) is 2.48. The van der Waals surface area contributed by atoms with Gasteiger partial charge < -0.3 is 10.6 Å². The summed E-state index contributed by atoms with van der Waals surface area (Å²) in [6.07, 6.45) is -4.67. The van der Waals surface area contributed by atoms with Crippen molar-refractivity contribution in [1.82, 2.24) is 5.32 Å². The maximum atomic E-state index is 12.6. The van der Waals surface area contributed by atoms with E-state index in [1.807, 2.05) is 0 Å². The van der Waals surface area contributed by atoms with E-state index < -0.39 is 33.8 Å². The van der Waals surface area contributed by atoms with Crippen LogP contribution in [0.2, 0.25) is 0 Å². The third-order valence-corrected chi connectivity index (χ3v) is 2.48. The van der Waals surface area contributed by atoms with E-state index in [1.165, 1.54) is 0 Å². The molecule has 6 nitrogen and oxygen atoms in total. The molecule has 0 fully saturated rings. The average molecular weight is 319 g/mol. The highest BCUT2D eigenvalue weighted by atomic mass is 19.4. The number of nitro benzene ring substituents is 1. The highest BCUT2D eigenvalue weighted by molar-refractivity contribution is 5.82. The molecule has 122 valence electrons. The number of anilines is 1. The van der Waals surface area contributed by atoms with Crippen molar-refractivity contribution < 1.29 is 22.9 Å². The Labute approximate surface area is 124 Å². The number of nitrogens with one attached hydrogen (secondary N) is 2. The molecule has 1 aromatic rings. The molecule has 0 unspecified atom stereocenters. The number of nitro groups is 1. The topological polar surface area (TPSA) is 84.3 Å². The molecule has 9 heteroatoms. The number of benzene rings is 1. The Morgan fingerprint density at radius 1 is 1.27 bits per heavy atom. The van der Waals surface area contributed by atoms with Crippen LogP contribution >= 0.6 is 0 Å². The molecule has 0 aromatic heterocycles. The fourth-order valence-corrected chi connectivity index (χ4v) is 1.65. The van der Waals surface area contributed by atoms with Crippen molar-refractivity contribution in [2.45, 2.75) is 32.5 Å². The zero-order valence-corrected chi connectivity index (χ0v) is 12.2. The molecule has 0 saturated carbocycles. The largest absolute Gasteiger partial charge is 0.416 e. The van der Waals surface area contributed by atoms with Crippen LogP contribution in [0.15, 0.2) is 18.2 Å². The Balaban J connectivity index is 2.92. The number of amides is 1. The lowest BCUT2D eigenvalue weighted by Gasteiger charge is -2.20. The molecule has 1 amide bonds. The highest BCUT2D eigenvalue weighted by Crippen LogP contribution is 2.34. The van der Waals surface area contributed by atoms with Gasteiger partial charge in [-0.1, -0.05) is 0 Å². The summed E-state index contributed by atoms with van der Waals surface area (Å²) in [7, 11) is 0. The standard InChI is InChI=1S/C13H16F3N3O3/c1-12(2,3)18-11(20)7-17-9-5-4-8(13(14,15)16)6-10(9)19(21)22/h4-6,17H,7H2,1-3H3,(H,18,20). The van der Waals surface area contributed by atoms with Gasteiger partial charge in [0.2, 0.25) is 5.91 Å². The molecule has 0 heterocycles. The second kappa shape index (κ2) is 6.20. The molecule has 0 bridgehead atoms. The summed E-state index contributed by atoms with van der Waals surface area (Å²) in [6, 6.07) is 2.09. The monoisotopic (exact) mass is 319 g/mol. The first kappa shape index (κ1) is 17.7. The van der Waals surface area contributed by atoms with Gasteiger partial charge in [-0.05, 0) is 32.9 Å². The van der Waals surface area contributed by atoms with E-state index in [2.05, 4.69) is 10.6 Å². The SMILES string of the molecule is CC(C)(C)NC(=O)CNc1ccc(C(F)(F)F)cc1[N+](=O)[O-]. The van der Waals surface area contributed by atoms with Crippen molar-refractivity contribution in [2.24, 2.45) is 0 Å². The maximum Gasteiger partial charge on any atom is 0.416 e. The first-order valence-corrected chi connectivity index (χ1v) is 6.30. The second-order valence-corrected chi connectivity index (χ2v) is 5.64. The van der Waals surface area contributed by atoms with Gasteiger partial charge in [-0.3, -0.25) is 14.9 Å². The first-order valence-electron chi connectivity index (χ1n) is 6.30. The number of nitrogens with zero attached hydrogens (tertiary/aromatic N) is 1. The van der Waals surface area contributed by atoms with Crippen LogP contribution in [-0.4, -0.2) is 22.9 Å². The number of hydrogen-bond acceptors (Lipinski definition) is 4. The van der Waals surface area contributed by atoms with Crippen molar-refractivity contribution in [3.8, 4) is 0 Å². The summed E-state index contributed by atoms with van der Waals surface area (Å²) in [4.78, 5) is 21.6. The van der Waals surface area contributed by atoms with Crippen LogP contribution in [0.1, 0.15) is 26.3 Å². The second-order valence-electron chi connectivity index (χ2n) is 5.64. The van der Waals surface area contributed by atoms with Crippen molar-refractivity contribution >= 4 is 17.3 Å². The van der Waals surface area contributed by atoms with Gasteiger partial charge in [0.15, 0.2) is 0 Å². The number of hydrogen-bond donors (Lipinski definition) is 2. The Morgan fingerprint density at radius 3 is 2.32 bits per heavy atom. The minimum atomic E-state index is -4.67. The van der Waals surface area contributed by atoms with Gasteiger partial charge in [0.05, 0.1) is 17.0 Å². The lowest BCUT2D eigenvalue weighted by molar-refractivity contribution is -0.384. The summed E-state index contributed by atoms with van der Waals surface area (Å²) >= 11 is 0. The molecule has 22 heavy (non-hydrogen) atoms. The Kier molecular flexibility index (Phi) is 5.00. The zero-order chi connectivity index (χ0) is 17.1. The molecular formula is C13H16F3N3O3. The van der Waals surface area contributed by atoms with Crippen LogP contribution in [0.4, 0.5) is 24.5 Å². The van der Waals surface area contributed by atoms with E-state index in [1.54, 1.807) is 20.8 Å². The molecule has 0 saturated heterocycles. The Morgan fingerprint density at radius 2 is 1.86 bits per heavy atom. The van der Waals surface area contributed by atoms with Crippen molar-refractivity contribution in [1.29, 1.82) is 0 Å². The summed E-state index contributed by atoms with van der Waals surface area (Å²) in [6.45, 7) is 4.98. The van der Waals surface area contributed by atoms with Crippen LogP contribution in [0, 0.1) is 10.1 Å². The fourth-order valence-electron chi connectivity index (χ4n) is 1.65. The van der Waals surface area contributed by atoms with E-state index in [9.17, 15) is 28.1 Å². The van der Waals surface area contributed by atoms with Gasteiger partial charge in [0.1, 0.15) is 5.69 Å². The number of carbonyl (C=O) groups is 1. The van der Waals surface area contributed by atoms with Gasteiger partial charge >= 0.3 is 6.18 Å². The van der Waals surface area contributed by atoms with E-state index in [0.29, 0.717) is 6.07 Å². The van der Waals surface area contributed by atoms with Gasteiger partial charge in [0.25, 0.3) is 5.69 Å². The van der Waals surface area contributed by atoms with E-state index in [4.69, 9.17) is 0 Å². The average Bonchev–Trinajstić information content (AvgIpc) is 2.32. The van der Waals surface area contributed by atoms with Gasteiger partial charge in [-0.2, -0.15) is 13.2 Å². The third kappa shape index (κ3) is 5.23. The maximum absolute atomic E-state index is 12.6. The van der Waals surface area contributed by atoms with E-state index in [0.717, 1.165) is 12.1 Å². The quantitative estimate of drug-likeness (QED) is 0.660. The molecule has 0 atom stereocenters. The molecule has 0 spiro atoms. The Hall–Kier alpha value is -2.32. The predicted molar refractivity (Wildman–Crippen MR) is 74.5 cm³/mol. The minimum absolute atomic E-state index is 0.151. The Bertz CT molecular complexity index is 580. The lowest BCUT2D eigenvalue weighted by atomic mass is 10.1. The first-order chi connectivity index (χ1) is 9.90. The summed E-state index contributed by atoms with van der Waals surface area (Å²) < 4.78 is 37.7. The van der Waals surface area contributed by atoms with Gasteiger partial charge in [0, 0.05) is 11.6 Å².